The summed E-state index contributed by atoms with van der Waals surface area (Å²) in [5, 5.41) is 11.3. The number of amides is 1. The third-order valence-electron chi connectivity index (χ3n) is 2.44. The van der Waals surface area contributed by atoms with Crippen LogP contribution < -0.4 is 5.32 Å². The van der Waals surface area contributed by atoms with Crippen molar-refractivity contribution in [2.24, 2.45) is 5.92 Å². The van der Waals surface area contributed by atoms with E-state index in [1.54, 1.807) is 24.3 Å². The molecule has 96 valence electrons. The molecule has 0 bridgehead atoms. The monoisotopic (exact) mass is 249 g/mol. The van der Waals surface area contributed by atoms with Gasteiger partial charge in [-0.2, -0.15) is 0 Å². The van der Waals surface area contributed by atoms with E-state index in [1.807, 2.05) is 0 Å². The summed E-state index contributed by atoms with van der Waals surface area (Å²) >= 11 is 0. The van der Waals surface area contributed by atoms with Gasteiger partial charge in [0, 0.05) is 24.6 Å². The van der Waals surface area contributed by atoms with Gasteiger partial charge in [-0.3, -0.25) is 14.4 Å². The molecule has 0 aromatic heterocycles. The van der Waals surface area contributed by atoms with Gasteiger partial charge in [-0.1, -0.05) is 6.92 Å². The smallest absolute Gasteiger partial charge is 0.306 e. The summed E-state index contributed by atoms with van der Waals surface area (Å²) in [5.41, 5.74) is 1.04. The van der Waals surface area contributed by atoms with Crippen molar-refractivity contribution >= 4 is 23.3 Å². The molecule has 1 rings (SSSR count). The van der Waals surface area contributed by atoms with Crippen molar-refractivity contribution in [2.45, 2.75) is 20.3 Å². The number of carbonyl (C=O) groups excluding carboxylic acids is 2. The predicted molar refractivity (Wildman–Crippen MR) is 66.5 cm³/mol. The summed E-state index contributed by atoms with van der Waals surface area (Å²) in [6.45, 7) is 2.89. The van der Waals surface area contributed by atoms with E-state index in [0.29, 0.717) is 11.3 Å². The third kappa shape index (κ3) is 4.01. The number of hydrogen-bond donors (Lipinski definition) is 2. The largest absolute Gasteiger partial charge is 0.481 e. The number of ketones is 1. The second-order valence-corrected chi connectivity index (χ2v) is 4.13. The Morgan fingerprint density at radius 2 is 1.78 bits per heavy atom. The summed E-state index contributed by atoms with van der Waals surface area (Å²) in [7, 11) is 0. The highest BCUT2D eigenvalue weighted by atomic mass is 16.4. The lowest BCUT2D eigenvalue weighted by atomic mass is 10.00. The van der Waals surface area contributed by atoms with Crippen molar-refractivity contribution < 1.29 is 19.5 Å². The normalized spacial score (nSPS) is 11.7. The maximum absolute atomic E-state index is 11.7. The summed E-state index contributed by atoms with van der Waals surface area (Å²) < 4.78 is 0. The molecule has 1 aromatic carbocycles. The molecular formula is C13H15NO4. The molecule has 5 heteroatoms. The first-order valence-corrected chi connectivity index (χ1v) is 5.54. The SMILES string of the molecule is CC(=O)Nc1ccc(C(=O)C[C@H](C)C(=O)O)cc1. The van der Waals surface area contributed by atoms with Gasteiger partial charge in [0.15, 0.2) is 5.78 Å². The second kappa shape index (κ2) is 5.95. The number of benzene rings is 1. The molecule has 2 N–H and O–H groups in total. The minimum Gasteiger partial charge on any atom is -0.481 e. The van der Waals surface area contributed by atoms with Gasteiger partial charge >= 0.3 is 5.97 Å². The molecule has 1 aromatic rings. The van der Waals surface area contributed by atoms with E-state index in [4.69, 9.17) is 5.11 Å². The summed E-state index contributed by atoms with van der Waals surface area (Å²) in [5.74, 6) is -2.10. The lowest BCUT2D eigenvalue weighted by Crippen LogP contribution is -2.14. The van der Waals surface area contributed by atoms with Gasteiger partial charge in [0.2, 0.25) is 5.91 Å². The number of carboxylic acids is 1. The fraction of sp³-hybridized carbons (Fsp3) is 0.308. The molecular weight excluding hydrogens is 234 g/mol. The van der Waals surface area contributed by atoms with Crippen LogP contribution in [0.25, 0.3) is 0 Å². The van der Waals surface area contributed by atoms with Gasteiger partial charge in [0.05, 0.1) is 5.92 Å². The molecule has 0 saturated heterocycles. The Labute approximate surface area is 105 Å². The van der Waals surface area contributed by atoms with Gasteiger partial charge < -0.3 is 10.4 Å². The molecule has 0 aliphatic heterocycles. The molecule has 0 spiro atoms. The molecule has 1 amide bonds. The highest BCUT2D eigenvalue weighted by Crippen LogP contribution is 2.14. The van der Waals surface area contributed by atoms with Crippen LogP contribution in [0, 0.1) is 5.92 Å². The standard InChI is InChI=1S/C13H15NO4/c1-8(13(17)18)7-12(16)10-3-5-11(6-4-10)14-9(2)15/h3-6,8H,7H2,1-2H3,(H,14,15)(H,17,18)/t8-/m0/s1. The summed E-state index contributed by atoms with van der Waals surface area (Å²) in [6.07, 6.45) is -0.0329. The quantitative estimate of drug-likeness (QED) is 0.781. The van der Waals surface area contributed by atoms with Gasteiger partial charge in [0.1, 0.15) is 0 Å². The van der Waals surface area contributed by atoms with Gasteiger partial charge in [-0.25, -0.2) is 0 Å². The number of hydrogen-bond acceptors (Lipinski definition) is 3. The lowest BCUT2D eigenvalue weighted by molar-refractivity contribution is -0.141. The van der Waals surface area contributed by atoms with Crippen LogP contribution in [-0.2, 0) is 9.59 Å². The zero-order chi connectivity index (χ0) is 13.7. The minimum atomic E-state index is -0.988. The Balaban J connectivity index is 2.70. The van der Waals surface area contributed by atoms with E-state index >= 15 is 0 Å². The first-order chi connectivity index (χ1) is 8.40. The van der Waals surface area contributed by atoms with Crippen molar-refractivity contribution in [3.05, 3.63) is 29.8 Å². The number of Topliss-reactive ketones (excluding diaryl/α,β-unsaturated/α-hetero) is 1. The highest BCUT2D eigenvalue weighted by Gasteiger charge is 2.16. The van der Waals surface area contributed by atoms with Crippen LogP contribution >= 0.6 is 0 Å². The molecule has 0 aliphatic rings. The molecule has 1 atom stereocenters. The lowest BCUT2D eigenvalue weighted by Gasteiger charge is -2.06. The summed E-state index contributed by atoms with van der Waals surface area (Å²) in [4.78, 5) is 33.2. The molecule has 0 fully saturated rings. The number of rotatable bonds is 5. The Morgan fingerprint density at radius 3 is 2.22 bits per heavy atom. The third-order valence-corrected chi connectivity index (χ3v) is 2.44. The van der Waals surface area contributed by atoms with E-state index < -0.39 is 11.9 Å². The Kier molecular flexibility index (Phi) is 4.59. The van der Waals surface area contributed by atoms with Crippen molar-refractivity contribution in [2.75, 3.05) is 5.32 Å². The molecule has 0 unspecified atom stereocenters. The molecule has 0 radical (unpaired) electrons. The predicted octanol–water partition coefficient (Wildman–Crippen LogP) is 1.94. The van der Waals surface area contributed by atoms with Crippen molar-refractivity contribution in [3.8, 4) is 0 Å². The average Bonchev–Trinajstić information content (AvgIpc) is 2.28. The first-order valence-electron chi connectivity index (χ1n) is 5.54. The van der Waals surface area contributed by atoms with E-state index in [2.05, 4.69) is 5.32 Å². The highest BCUT2D eigenvalue weighted by molar-refractivity contribution is 5.98. The van der Waals surface area contributed by atoms with Crippen LogP contribution in [0.5, 0.6) is 0 Å². The van der Waals surface area contributed by atoms with Crippen LogP contribution in [0.4, 0.5) is 5.69 Å². The van der Waals surface area contributed by atoms with E-state index in [-0.39, 0.29) is 18.1 Å². The fourth-order valence-corrected chi connectivity index (χ4v) is 1.43. The van der Waals surface area contributed by atoms with E-state index in [9.17, 15) is 14.4 Å². The van der Waals surface area contributed by atoms with Crippen LogP contribution in [0.2, 0.25) is 0 Å². The minimum absolute atomic E-state index is 0.0329. The summed E-state index contributed by atoms with van der Waals surface area (Å²) in [6, 6.07) is 6.37. The van der Waals surface area contributed by atoms with Crippen molar-refractivity contribution in [3.63, 3.8) is 0 Å². The topological polar surface area (TPSA) is 83.5 Å². The number of carboxylic acid groups (broad SMARTS) is 1. The zero-order valence-electron chi connectivity index (χ0n) is 10.3. The maximum Gasteiger partial charge on any atom is 0.306 e. The average molecular weight is 249 g/mol. The Bertz CT molecular complexity index is 464. The number of nitrogens with one attached hydrogen (secondary N) is 1. The van der Waals surface area contributed by atoms with Crippen LogP contribution in [0.1, 0.15) is 30.6 Å². The molecule has 0 heterocycles. The fourth-order valence-electron chi connectivity index (χ4n) is 1.43. The van der Waals surface area contributed by atoms with E-state index in [1.165, 1.54) is 13.8 Å². The van der Waals surface area contributed by atoms with E-state index in [0.717, 1.165) is 0 Å². The Hall–Kier alpha value is -2.17. The number of anilines is 1. The van der Waals surface area contributed by atoms with Gasteiger partial charge in [0.25, 0.3) is 0 Å². The van der Waals surface area contributed by atoms with Crippen LogP contribution in [-0.4, -0.2) is 22.8 Å². The van der Waals surface area contributed by atoms with Crippen LogP contribution in [0.15, 0.2) is 24.3 Å². The van der Waals surface area contributed by atoms with Crippen LogP contribution in [0.3, 0.4) is 0 Å². The maximum atomic E-state index is 11.7. The molecule has 0 aliphatic carbocycles. The number of carbonyl (C=O) groups is 3. The molecule has 18 heavy (non-hydrogen) atoms. The molecule has 0 saturated carbocycles. The Morgan fingerprint density at radius 1 is 1.22 bits per heavy atom. The van der Waals surface area contributed by atoms with Crippen molar-refractivity contribution in [1.82, 2.24) is 0 Å². The molecule has 5 nitrogen and oxygen atoms in total. The first kappa shape index (κ1) is 13.9. The second-order valence-electron chi connectivity index (χ2n) is 4.13. The number of aliphatic carboxylic acids is 1. The van der Waals surface area contributed by atoms with Crippen molar-refractivity contribution in [1.29, 1.82) is 0 Å². The van der Waals surface area contributed by atoms with Gasteiger partial charge in [-0.15, -0.1) is 0 Å². The zero-order valence-corrected chi connectivity index (χ0v) is 10.3. The van der Waals surface area contributed by atoms with Gasteiger partial charge in [-0.05, 0) is 24.3 Å².